The predicted octanol–water partition coefficient (Wildman–Crippen LogP) is 3.60. The fourth-order valence-corrected chi connectivity index (χ4v) is 1.33. The van der Waals surface area contributed by atoms with Crippen LogP contribution >= 0.6 is 0 Å². The van der Waals surface area contributed by atoms with Crippen LogP contribution in [0.3, 0.4) is 0 Å². The Bertz CT molecular complexity index is 146. The van der Waals surface area contributed by atoms with Crippen LogP contribution in [-0.4, -0.2) is 43.0 Å². The van der Waals surface area contributed by atoms with Crippen molar-refractivity contribution in [2.45, 2.75) is 53.0 Å². The number of hydrogen-bond acceptors (Lipinski definition) is 2. The van der Waals surface area contributed by atoms with Gasteiger partial charge in [-0.2, -0.15) is 0 Å². The highest BCUT2D eigenvalue weighted by atomic mass is 15.1. The lowest BCUT2D eigenvalue weighted by Gasteiger charge is -2.26. The van der Waals surface area contributed by atoms with Crippen molar-refractivity contribution in [3.63, 3.8) is 0 Å². The number of hydrogen-bond donors (Lipinski definition) is 0. The predicted molar refractivity (Wildman–Crippen MR) is 75.8 cm³/mol. The highest BCUT2D eigenvalue weighted by Gasteiger charge is 2.08. The summed E-state index contributed by atoms with van der Waals surface area (Å²) in [5.74, 6) is 0. The first-order chi connectivity index (χ1) is 7.61. The van der Waals surface area contributed by atoms with Gasteiger partial charge in [-0.05, 0) is 39.6 Å². The molecule has 1 unspecified atom stereocenters. The first kappa shape index (κ1) is 17.9. The van der Waals surface area contributed by atoms with Crippen molar-refractivity contribution < 1.29 is 0 Å². The standard InChI is InChI=1S/C12H26N2.C2H6/c1-6-8-10-14(5)12(3)9-11-13(4)7-2;1-2/h7,12H,2,6,8-11H2,1,3-5H3;1-2H3. The van der Waals surface area contributed by atoms with Crippen molar-refractivity contribution >= 4 is 0 Å². The maximum atomic E-state index is 3.75. The van der Waals surface area contributed by atoms with Gasteiger partial charge in [0.05, 0.1) is 0 Å². The van der Waals surface area contributed by atoms with E-state index in [0.717, 1.165) is 6.54 Å². The largest absolute Gasteiger partial charge is 0.381 e. The summed E-state index contributed by atoms with van der Waals surface area (Å²) in [6.45, 7) is 14.6. The van der Waals surface area contributed by atoms with Gasteiger partial charge in [-0.25, -0.2) is 0 Å². The van der Waals surface area contributed by atoms with E-state index in [0.29, 0.717) is 6.04 Å². The van der Waals surface area contributed by atoms with Gasteiger partial charge in [-0.1, -0.05) is 33.8 Å². The number of unbranched alkanes of at least 4 members (excludes halogenated alkanes) is 1. The zero-order chi connectivity index (χ0) is 13.0. The lowest BCUT2D eigenvalue weighted by Crippen LogP contribution is -2.32. The highest BCUT2D eigenvalue weighted by molar-refractivity contribution is 4.70. The van der Waals surface area contributed by atoms with Crippen LogP contribution in [0.15, 0.2) is 12.8 Å². The summed E-state index contributed by atoms with van der Waals surface area (Å²) in [7, 11) is 4.29. The molecule has 0 aromatic rings. The molecule has 0 aromatic carbocycles. The SMILES string of the molecule is C=CN(C)CCC(C)N(C)CCCC.CC. The fourth-order valence-electron chi connectivity index (χ4n) is 1.33. The first-order valence-corrected chi connectivity index (χ1v) is 6.64. The van der Waals surface area contributed by atoms with Crippen molar-refractivity contribution in [1.29, 1.82) is 0 Å². The molecule has 0 aliphatic heterocycles. The van der Waals surface area contributed by atoms with Crippen LogP contribution in [0.5, 0.6) is 0 Å². The molecule has 98 valence electrons. The van der Waals surface area contributed by atoms with Crippen LogP contribution in [0.4, 0.5) is 0 Å². The molecule has 2 heteroatoms. The minimum absolute atomic E-state index is 0.670. The van der Waals surface area contributed by atoms with Gasteiger partial charge in [0, 0.05) is 19.6 Å². The molecule has 16 heavy (non-hydrogen) atoms. The molecule has 0 radical (unpaired) electrons. The lowest BCUT2D eigenvalue weighted by atomic mass is 10.2. The molecule has 0 bridgehead atoms. The summed E-state index contributed by atoms with van der Waals surface area (Å²) >= 11 is 0. The molecule has 0 aliphatic rings. The van der Waals surface area contributed by atoms with Gasteiger partial charge in [0.2, 0.25) is 0 Å². The van der Waals surface area contributed by atoms with Crippen molar-refractivity contribution in [3.05, 3.63) is 12.8 Å². The molecular weight excluding hydrogens is 196 g/mol. The van der Waals surface area contributed by atoms with Crippen molar-refractivity contribution in [3.8, 4) is 0 Å². The average Bonchev–Trinajstić information content (AvgIpc) is 2.34. The third-order valence-corrected chi connectivity index (χ3v) is 2.83. The molecule has 0 amide bonds. The minimum atomic E-state index is 0.670. The zero-order valence-corrected chi connectivity index (χ0v) is 12.3. The molecule has 0 aliphatic carbocycles. The van der Waals surface area contributed by atoms with E-state index < -0.39 is 0 Å². The normalized spacial score (nSPS) is 11.7. The van der Waals surface area contributed by atoms with Gasteiger partial charge in [-0.3, -0.25) is 0 Å². The molecule has 0 heterocycles. The third-order valence-electron chi connectivity index (χ3n) is 2.83. The topological polar surface area (TPSA) is 6.48 Å². The van der Waals surface area contributed by atoms with Gasteiger partial charge in [0.25, 0.3) is 0 Å². The van der Waals surface area contributed by atoms with Crippen LogP contribution in [-0.2, 0) is 0 Å². The summed E-state index contributed by atoms with van der Waals surface area (Å²) in [6, 6.07) is 0.670. The van der Waals surface area contributed by atoms with Crippen LogP contribution in [0.2, 0.25) is 0 Å². The molecular formula is C14H32N2. The minimum Gasteiger partial charge on any atom is -0.381 e. The van der Waals surface area contributed by atoms with E-state index in [-0.39, 0.29) is 0 Å². The molecule has 0 saturated heterocycles. The quantitative estimate of drug-likeness (QED) is 0.626. The van der Waals surface area contributed by atoms with Crippen molar-refractivity contribution in [2.24, 2.45) is 0 Å². The van der Waals surface area contributed by atoms with Gasteiger partial charge >= 0.3 is 0 Å². The maximum Gasteiger partial charge on any atom is 0.0183 e. The van der Waals surface area contributed by atoms with Crippen LogP contribution in [0.1, 0.15) is 47.0 Å². The number of nitrogens with zero attached hydrogens (tertiary/aromatic N) is 2. The Morgan fingerprint density at radius 2 is 1.75 bits per heavy atom. The highest BCUT2D eigenvalue weighted by Crippen LogP contribution is 2.04. The molecule has 0 N–H and O–H groups in total. The lowest BCUT2D eigenvalue weighted by molar-refractivity contribution is 0.229. The molecule has 0 fully saturated rings. The van der Waals surface area contributed by atoms with E-state index in [2.05, 4.69) is 44.3 Å². The molecule has 0 rings (SSSR count). The van der Waals surface area contributed by atoms with E-state index in [1.165, 1.54) is 25.8 Å². The molecule has 0 aromatic heterocycles. The maximum absolute atomic E-state index is 3.75. The van der Waals surface area contributed by atoms with E-state index in [1.54, 1.807) is 0 Å². The second-order valence-electron chi connectivity index (χ2n) is 4.14. The molecule has 1 atom stereocenters. The van der Waals surface area contributed by atoms with Gasteiger partial charge in [0.1, 0.15) is 0 Å². The summed E-state index contributed by atoms with van der Waals surface area (Å²) in [5.41, 5.74) is 0. The van der Waals surface area contributed by atoms with Crippen molar-refractivity contribution in [1.82, 2.24) is 9.80 Å². The Labute approximate surface area is 103 Å². The van der Waals surface area contributed by atoms with Gasteiger partial charge < -0.3 is 9.80 Å². The third kappa shape index (κ3) is 10.0. The summed E-state index contributed by atoms with van der Waals surface area (Å²) in [6.07, 6.45) is 5.68. The second-order valence-corrected chi connectivity index (χ2v) is 4.14. The Morgan fingerprint density at radius 3 is 2.19 bits per heavy atom. The van der Waals surface area contributed by atoms with E-state index in [9.17, 15) is 0 Å². The smallest absolute Gasteiger partial charge is 0.0183 e. The Hall–Kier alpha value is -0.500. The van der Waals surface area contributed by atoms with E-state index in [1.807, 2.05) is 20.0 Å². The fraction of sp³-hybridized carbons (Fsp3) is 0.857. The monoisotopic (exact) mass is 228 g/mol. The first-order valence-electron chi connectivity index (χ1n) is 6.64. The summed E-state index contributed by atoms with van der Waals surface area (Å²) < 4.78 is 0. The van der Waals surface area contributed by atoms with E-state index >= 15 is 0 Å². The summed E-state index contributed by atoms with van der Waals surface area (Å²) in [5, 5.41) is 0. The average molecular weight is 228 g/mol. The summed E-state index contributed by atoms with van der Waals surface area (Å²) in [4.78, 5) is 4.59. The number of rotatable bonds is 8. The van der Waals surface area contributed by atoms with Crippen LogP contribution < -0.4 is 0 Å². The molecule has 0 saturated carbocycles. The van der Waals surface area contributed by atoms with E-state index in [4.69, 9.17) is 0 Å². The Morgan fingerprint density at radius 1 is 1.19 bits per heavy atom. The van der Waals surface area contributed by atoms with Crippen LogP contribution in [0.25, 0.3) is 0 Å². The molecule has 0 spiro atoms. The van der Waals surface area contributed by atoms with Gasteiger partial charge in [-0.15, -0.1) is 0 Å². The van der Waals surface area contributed by atoms with Crippen LogP contribution in [0, 0.1) is 0 Å². The zero-order valence-electron chi connectivity index (χ0n) is 12.3. The van der Waals surface area contributed by atoms with Crippen molar-refractivity contribution in [2.75, 3.05) is 27.2 Å². The molecule has 2 nitrogen and oxygen atoms in total. The Balaban J connectivity index is 0. The second kappa shape index (κ2) is 12.6. The van der Waals surface area contributed by atoms with Gasteiger partial charge in [0.15, 0.2) is 0 Å². The Kier molecular flexibility index (Phi) is 14.0.